The lowest BCUT2D eigenvalue weighted by Gasteiger charge is -1.90. The number of hydrogen-bond acceptors (Lipinski definition) is 0. The molecule has 12 heavy (non-hydrogen) atoms. The Balaban J connectivity index is 2.43. The fraction of sp³-hybridized carbons (Fsp3) is 0. The molecule has 2 aromatic heterocycles. The lowest BCUT2D eigenvalue weighted by molar-refractivity contribution is 1.29. The Morgan fingerprint density at radius 1 is 0.750 bits per heavy atom. The first kappa shape index (κ1) is 8.13. The molecule has 0 saturated carbocycles. The SMILES string of the molecule is Brc1ccc(-c2ccc(Br)[nH]2)[nH]1. The van der Waals surface area contributed by atoms with Gasteiger partial charge in [0.25, 0.3) is 0 Å². The van der Waals surface area contributed by atoms with Gasteiger partial charge in [-0.1, -0.05) is 0 Å². The first-order valence-corrected chi connectivity index (χ1v) is 5.04. The molecule has 2 heterocycles. The molecule has 0 fully saturated rings. The highest BCUT2D eigenvalue weighted by Gasteiger charge is 2.01. The van der Waals surface area contributed by atoms with Gasteiger partial charge >= 0.3 is 0 Å². The summed E-state index contributed by atoms with van der Waals surface area (Å²) in [6.45, 7) is 0. The summed E-state index contributed by atoms with van der Waals surface area (Å²) >= 11 is 6.71. The number of hydrogen-bond donors (Lipinski definition) is 2. The maximum atomic E-state index is 3.36. The van der Waals surface area contributed by atoms with E-state index >= 15 is 0 Å². The van der Waals surface area contributed by atoms with E-state index in [4.69, 9.17) is 0 Å². The van der Waals surface area contributed by atoms with Gasteiger partial charge in [-0.25, -0.2) is 0 Å². The molecular weight excluding hydrogens is 284 g/mol. The Morgan fingerprint density at radius 2 is 1.17 bits per heavy atom. The standard InChI is InChI=1S/C8H6Br2N2/c9-7-3-1-5(11-7)6-2-4-8(10)12-6/h1-4,11-12H. The zero-order valence-electron chi connectivity index (χ0n) is 6.07. The van der Waals surface area contributed by atoms with Gasteiger partial charge in [-0.2, -0.15) is 0 Å². The molecule has 0 saturated heterocycles. The predicted molar refractivity (Wildman–Crippen MR) is 56.0 cm³/mol. The minimum absolute atomic E-state index is 0.989. The first-order chi connectivity index (χ1) is 5.75. The summed E-state index contributed by atoms with van der Waals surface area (Å²) in [7, 11) is 0. The molecule has 0 atom stereocenters. The fourth-order valence-corrected chi connectivity index (χ4v) is 1.74. The predicted octanol–water partition coefficient (Wildman–Crippen LogP) is 3.53. The minimum Gasteiger partial charge on any atom is -0.348 e. The van der Waals surface area contributed by atoms with Gasteiger partial charge < -0.3 is 9.97 Å². The molecule has 62 valence electrons. The maximum absolute atomic E-state index is 3.36. The third-order valence-electron chi connectivity index (χ3n) is 1.59. The summed E-state index contributed by atoms with van der Waals surface area (Å²) in [6.07, 6.45) is 0. The van der Waals surface area contributed by atoms with Crippen molar-refractivity contribution < 1.29 is 0 Å². The van der Waals surface area contributed by atoms with Crippen LogP contribution in [0.1, 0.15) is 0 Å². The summed E-state index contributed by atoms with van der Waals surface area (Å²) in [5.74, 6) is 0. The van der Waals surface area contributed by atoms with Gasteiger partial charge in [0.15, 0.2) is 0 Å². The van der Waals surface area contributed by atoms with Gasteiger partial charge in [0.1, 0.15) is 0 Å². The second-order valence-electron chi connectivity index (χ2n) is 2.44. The molecule has 0 radical (unpaired) electrons. The smallest absolute Gasteiger partial charge is 0.0825 e. The van der Waals surface area contributed by atoms with Gasteiger partial charge in [0, 0.05) is 0 Å². The lowest BCUT2D eigenvalue weighted by atomic mass is 10.3. The Kier molecular flexibility index (Phi) is 2.11. The van der Waals surface area contributed by atoms with Gasteiger partial charge in [0.2, 0.25) is 0 Å². The summed E-state index contributed by atoms with van der Waals surface area (Å²) in [6, 6.07) is 7.98. The van der Waals surface area contributed by atoms with E-state index in [-0.39, 0.29) is 0 Å². The van der Waals surface area contributed by atoms with Crippen LogP contribution in [0.25, 0.3) is 11.4 Å². The van der Waals surface area contributed by atoms with E-state index < -0.39 is 0 Å². The van der Waals surface area contributed by atoms with E-state index in [1.807, 2.05) is 24.3 Å². The van der Waals surface area contributed by atoms with Crippen molar-refractivity contribution in [2.45, 2.75) is 0 Å². The number of H-pyrrole nitrogens is 2. The molecule has 0 aliphatic rings. The molecule has 4 heteroatoms. The van der Waals surface area contributed by atoms with Crippen molar-refractivity contribution in [1.82, 2.24) is 9.97 Å². The van der Waals surface area contributed by atoms with E-state index in [0.29, 0.717) is 0 Å². The highest BCUT2D eigenvalue weighted by Crippen LogP contribution is 2.21. The molecule has 0 amide bonds. The molecular formula is C8H6Br2N2. The zero-order chi connectivity index (χ0) is 8.55. The summed E-state index contributed by atoms with van der Waals surface area (Å²) in [4.78, 5) is 6.34. The van der Waals surface area contributed by atoms with E-state index in [1.54, 1.807) is 0 Å². The van der Waals surface area contributed by atoms with Gasteiger partial charge in [-0.05, 0) is 56.1 Å². The van der Waals surface area contributed by atoms with Crippen molar-refractivity contribution in [2.24, 2.45) is 0 Å². The summed E-state index contributed by atoms with van der Waals surface area (Å²) in [5.41, 5.74) is 2.15. The first-order valence-electron chi connectivity index (χ1n) is 3.45. The number of rotatable bonds is 1. The molecule has 0 bridgehead atoms. The van der Waals surface area contributed by atoms with Crippen molar-refractivity contribution in [3.05, 3.63) is 33.5 Å². The second kappa shape index (κ2) is 3.11. The minimum atomic E-state index is 0.989. The molecule has 0 spiro atoms. The highest BCUT2D eigenvalue weighted by molar-refractivity contribution is 9.10. The zero-order valence-corrected chi connectivity index (χ0v) is 9.24. The van der Waals surface area contributed by atoms with Crippen LogP contribution in [0.4, 0.5) is 0 Å². The Morgan fingerprint density at radius 3 is 1.42 bits per heavy atom. The van der Waals surface area contributed by atoms with Gasteiger partial charge in [-0.3, -0.25) is 0 Å². The van der Waals surface area contributed by atoms with Crippen LogP contribution in [0.3, 0.4) is 0 Å². The van der Waals surface area contributed by atoms with E-state index in [2.05, 4.69) is 41.8 Å². The van der Waals surface area contributed by atoms with Crippen molar-refractivity contribution in [2.75, 3.05) is 0 Å². The van der Waals surface area contributed by atoms with Crippen molar-refractivity contribution in [1.29, 1.82) is 0 Å². The van der Waals surface area contributed by atoms with Crippen molar-refractivity contribution in [3.8, 4) is 11.4 Å². The van der Waals surface area contributed by atoms with Crippen LogP contribution in [0.15, 0.2) is 33.5 Å². The summed E-state index contributed by atoms with van der Waals surface area (Å²) in [5, 5.41) is 0. The van der Waals surface area contributed by atoms with Crippen LogP contribution in [0.5, 0.6) is 0 Å². The van der Waals surface area contributed by atoms with Crippen molar-refractivity contribution >= 4 is 31.9 Å². The normalized spacial score (nSPS) is 10.5. The summed E-state index contributed by atoms with van der Waals surface area (Å²) < 4.78 is 1.98. The molecule has 2 aromatic rings. The van der Waals surface area contributed by atoms with Crippen LogP contribution in [0.2, 0.25) is 0 Å². The van der Waals surface area contributed by atoms with Crippen LogP contribution < -0.4 is 0 Å². The number of halogens is 2. The Bertz CT molecular complexity index is 351. The van der Waals surface area contributed by atoms with Gasteiger partial charge in [-0.15, -0.1) is 0 Å². The topological polar surface area (TPSA) is 31.6 Å². The molecule has 0 unspecified atom stereocenters. The monoisotopic (exact) mass is 288 g/mol. The van der Waals surface area contributed by atoms with Crippen molar-refractivity contribution in [3.63, 3.8) is 0 Å². The van der Waals surface area contributed by atoms with Crippen LogP contribution >= 0.6 is 31.9 Å². The van der Waals surface area contributed by atoms with E-state index in [0.717, 1.165) is 20.6 Å². The van der Waals surface area contributed by atoms with Gasteiger partial charge in [0.05, 0.1) is 20.6 Å². The molecule has 0 aromatic carbocycles. The Hall–Kier alpha value is -0.480. The second-order valence-corrected chi connectivity index (χ2v) is 4.15. The fourth-order valence-electron chi connectivity index (χ4n) is 1.05. The van der Waals surface area contributed by atoms with Crippen LogP contribution in [-0.2, 0) is 0 Å². The van der Waals surface area contributed by atoms with Crippen LogP contribution in [-0.4, -0.2) is 9.97 Å². The molecule has 0 aliphatic heterocycles. The quantitative estimate of drug-likeness (QED) is 0.805. The van der Waals surface area contributed by atoms with Crippen LogP contribution in [0, 0.1) is 0 Å². The average Bonchev–Trinajstić information content (AvgIpc) is 2.58. The molecule has 2 rings (SSSR count). The maximum Gasteiger partial charge on any atom is 0.0825 e. The lowest BCUT2D eigenvalue weighted by Crippen LogP contribution is -1.75. The average molecular weight is 290 g/mol. The largest absolute Gasteiger partial charge is 0.348 e. The number of nitrogens with one attached hydrogen (secondary N) is 2. The molecule has 0 aliphatic carbocycles. The van der Waals surface area contributed by atoms with E-state index in [9.17, 15) is 0 Å². The Labute approximate surface area is 86.6 Å². The third-order valence-corrected chi connectivity index (χ3v) is 2.52. The third kappa shape index (κ3) is 1.49. The molecule has 2 N–H and O–H groups in total. The molecule has 2 nitrogen and oxygen atoms in total. The highest BCUT2D eigenvalue weighted by atomic mass is 79.9. The van der Waals surface area contributed by atoms with E-state index in [1.165, 1.54) is 0 Å². The number of aromatic nitrogens is 2. The number of aromatic amines is 2.